The van der Waals surface area contributed by atoms with Crippen molar-refractivity contribution in [3.8, 4) is 5.82 Å². The maximum Gasteiger partial charge on any atom is 0.230 e. The number of aryl methyl sites for hydroxylation is 4. The smallest absolute Gasteiger partial charge is 0.230 e. The number of carbonyl (C=O) groups excluding carboxylic acids is 2. The largest absolute Gasteiger partial charge is 0.338 e. The number of nitrogens with one attached hydrogen (secondary N) is 1. The molecular formula is C28H29N5O2. The van der Waals surface area contributed by atoms with E-state index in [1.807, 2.05) is 49.4 Å². The molecule has 1 saturated heterocycles. The Kier molecular flexibility index (Phi) is 5.84. The number of fused-ring (bicyclic) bond motifs is 1. The zero-order valence-electron chi connectivity index (χ0n) is 20.5. The number of pyridine rings is 1. The second-order valence-electron chi connectivity index (χ2n) is 9.51. The molecule has 7 nitrogen and oxygen atoms in total. The fourth-order valence-electron chi connectivity index (χ4n) is 4.83. The molecule has 2 amide bonds. The van der Waals surface area contributed by atoms with E-state index in [4.69, 9.17) is 4.98 Å². The van der Waals surface area contributed by atoms with Gasteiger partial charge >= 0.3 is 0 Å². The normalized spacial score (nSPS) is 15.7. The number of aromatic nitrogens is 3. The summed E-state index contributed by atoms with van der Waals surface area (Å²) in [5.41, 5.74) is 6.15. The monoisotopic (exact) mass is 467 g/mol. The predicted octanol–water partition coefficient (Wildman–Crippen LogP) is 4.64. The van der Waals surface area contributed by atoms with E-state index in [0.29, 0.717) is 24.7 Å². The molecule has 1 fully saturated rings. The fraction of sp³-hybridized carbons (Fsp3) is 0.286. The van der Waals surface area contributed by atoms with E-state index >= 15 is 0 Å². The average Bonchev–Trinajstić information content (AvgIpc) is 3.37. The van der Waals surface area contributed by atoms with Gasteiger partial charge in [-0.1, -0.05) is 42.0 Å². The Morgan fingerprint density at radius 1 is 1.03 bits per heavy atom. The molecule has 2 aromatic heterocycles. The highest BCUT2D eigenvalue weighted by molar-refractivity contribution is 5.97. The first-order valence-electron chi connectivity index (χ1n) is 11.9. The molecule has 3 heterocycles. The van der Waals surface area contributed by atoms with Crippen LogP contribution in [0.3, 0.4) is 0 Å². The first-order chi connectivity index (χ1) is 16.8. The van der Waals surface area contributed by atoms with Gasteiger partial charge < -0.3 is 10.2 Å². The van der Waals surface area contributed by atoms with Gasteiger partial charge in [0, 0.05) is 31.0 Å². The third-order valence-electron chi connectivity index (χ3n) is 6.54. The van der Waals surface area contributed by atoms with Crippen LogP contribution in [0.4, 0.5) is 5.82 Å². The van der Waals surface area contributed by atoms with Crippen molar-refractivity contribution in [2.75, 3.05) is 11.9 Å². The molecule has 0 radical (unpaired) electrons. The molecule has 1 aliphatic rings. The molecule has 0 bridgehead atoms. The first kappa shape index (κ1) is 22.8. The predicted molar refractivity (Wildman–Crippen MR) is 136 cm³/mol. The lowest BCUT2D eigenvalue weighted by Crippen LogP contribution is -2.28. The van der Waals surface area contributed by atoms with E-state index in [1.165, 1.54) is 5.56 Å². The number of carbonyl (C=O) groups is 2. The number of anilines is 1. The lowest BCUT2D eigenvalue weighted by atomic mass is 10.0. The third kappa shape index (κ3) is 4.54. The highest BCUT2D eigenvalue weighted by atomic mass is 16.2. The van der Waals surface area contributed by atoms with Crippen molar-refractivity contribution in [2.45, 2.75) is 40.7 Å². The summed E-state index contributed by atoms with van der Waals surface area (Å²) in [4.78, 5) is 32.4. The van der Waals surface area contributed by atoms with Crippen LogP contribution < -0.4 is 5.32 Å². The van der Waals surface area contributed by atoms with Gasteiger partial charge in [-0.15, -0.1) is 0 Å². The van der Waals surface area contributed by atoms with Gasteiger partial charge in [0.1, 0.15) is 5.82 Å². The number of nitrogens with zero attached hydrogens (tertiary/aromatic N) is 4. The fourth-order valence-corrected chi connectivity index (χ4v) is 4.83. The summed E-state index contributed by atoms with van der Waals surface area (Å²) < 4.78 is 1.68. The molecule has 0 aliphatic carbocycles. The maximum absolute atomic E-state index is 13.2. The van der Waals surface area contributed by atoms with Crippen LogP contribution >= 0.6 is 0 Å². The van der Waals surface area contributed by atoms with Gasteiger partial charge in [0.15, 0.2) is 5.82 Å². The van der Waals surface area contributed by atoms with E-state index in [1.54, 1.807) is 9.58 Å². The van der Waals surface area contributed by atoms with Gasteiger partial charge in [0.2, 0.25) is 11.8 Å². The summed E-state index contributed by atoms with van der Waals surface area (Å²) >= 11 is 0. The molecule has 1 N–H and O–H groups in total. The van der Waals surface area contributed by atoms with Crippen LogP contribution in [0.5, 0.6) is 0 Å². The summed E-state index contributed by atoms with van der Waals surface area (Å²) in [6.45, 7) is 9.00. The van der Waals surface area contributed by atoms with Crippen molar-refractivity contribution < 1.29 is 9.59 Å². The Labute approximate surface area is 204 Å². The van der Waals surface area contributed by atoms with Crippen molar-refractivity contribution in [2.24, 2.45) is 5.92 Å². The lowest BCUT2D eigenvalue weighted by Gasteiger charge is -2.17. The lowest BCUT2D eigenvalue weighted by molar-refractivity contribution is -0.128. The summed E-state index contributed by atoms with van der Waals surface area (Å²) in [5.74, 6) is 0.609. The molecule has 0 spiro atoms. The van der Waals surface area contributed by atoms with Crippen LogP contribution in [-0.2, 0) is 16.1 Å². The van der Waals surface area contributed by atoms with Crippen molar-refractivity contribution in [1.82, 2.24) is 19.7 Å². The molecule has 4 aromatic rings. The molecule has 35 heavy (non-hydrogen) atoms. The van der Waals surface area contributed by atoms with Gasteiger partial charge in [-0.05, 0) is 56.5 Å². The molecule has 1 atom stereocenters. The van der Waals surface area contributed by atoms with Crippen LogP contribution in [-0.4, -0.2) is 38.0 Å². The Bertz CT molecular complexity index is 1440. The van der Waals surface area contributed by atoms with Gasteiger partial charge in [-0.25, -0.2) is 4.98 Å². The van der Waals surface area contributed by atoms with E-state index in [-0.39, 0.29) is 18.2 Å². The SMILES string of the molecule is Cc1cc(C)c2nc(-n3nc(C)cc3NC(=O)C3CC(=O)N(Cc4ccccc4)C3)cc(C)c2c1. The van der Waals surface area contributed by atoms with Crippen LogP contribution in [0.2, 0.25) is 0 Å². The number of benzene rings is 2. The van der Waals surface area contributed by atoms with E-state index in [9.17, 15) is 9.59 Å². The Morgan fingerprint density at radius 3 is 2.57 bits per heavy atom. The number of amides is 2. The summed E-state index contributed by atoms with van der Waals surface area (Å²) in [6, 6.07) is 17.9. The minimum Gasteiger partial charge on any atom is -0.338 e. The van der Waals surface area contributed by atoms with Crippen LogP contribution in [0.15, 0.2) is 54.6 Å². The zero-order chi connectivity index (χ0) is 24.7. The highest BCUT2D eigenvalue weighted by Gasteiger charge is 2.34. The topological polar surface area (TPSA) is 80.1 Å². The molecule has 178 valence electrons. The van der Waals surface area contributed by atoms with Crippen LogP contribution in [0.1, 0.15) is 34.4 Å². The minimum absolute atomic E-state index is 0.00344. The Hall–Kier alpha value is -4.00. The summed E-state index contributed by atoms with van der Waals surface area (Å²) in [6.07, 6.45) is 0.206. The Morgan fingerprint density at radius 2 is 1.80 bits per heavy atom. The molecular weight excluding hydrogens is 438 g/mol. The van der Waals surface area contributed by atoms with Gasteiger partial charge in [-0.2, -0.15) is 9.78 Å². The van der Waals surface area contributed by atoms with Gasteiger partial charge in [0.25, 0.3) is 0 Å². The second kappa shape index (κ2) is 8.98. The highest BCUT2D eigenvalue weighted by Crippen LogP contribution is 2.27. The molecule has 5 rings (SSSR count). The quantitative estimate of drug-likeness (QED) is 0.464. The molecule has 1 aliphatic heterocycles. The number of likely N-dealkylation sites (tertiary alicyclic amines) is 1. The van der Waals surface area contributed by atoms with Crippen molar-refractivity contribution in [3.63, 3.8) is 0 Å². The molecule has 2 aromatic carbocycles. The molecule has 1 unspecified atom stereocenters. The van der Waals surface area contributed by atoms with Crippen molar-refractivity contribution in [1.29, 1.82) is 0 Å². The standard InChI is InChI=1S/C28H29N5O2/c1-17-10-19(3)27-23(11-17)18(2)12-24(29-27)33-25(13-20(4)31-33)30-28(35)22-14-26(34)32(16-22)15-21-8-6-5-7-9-21/h5-13,22H,14-16H2,1-4H3,(H,30,35). The summed E-state index contributed by atoms with van der Waals surface area (Å²) in [7, 11) is 0. The second-order valence-corrected chi connectivity index (χ2v) is 9.51. The van der Waals surface area contributed by atoms with E-state index in [0.717, 1.165) is 33.3 Å². The van der Waals surface area contributed by atoms with E-state index < -0.39 is 5.92 Å². The zero-order valence-corrected chi connectivity index (χ0v) is 20.5. The van der Waals surface area contributed by atoms with Gasteiger partial charge in [-0.3, -0.25) is 9.59 Å². The maximum atomic E-state index is 13.2. The van der Waals surface area contributed by atoms with Crippen LogP contribution in [0.25, 0.3) is 16.7 Å². The molecule has 0 saturated carbocycles. The Balaban J connectivity index is 1.38. The molecule has 7 heteroatoms. The number of rotatable bonds is 5. The van der Waals surface area contributed by atoms with Crippen molar-refractivity contribution in [3.05, 3.63) is 82.5 Å². The first-order valence-corrected chi connectivity index (χ1v) is 11.9. The number of hydrogen-bond acceptors (Lipinski definition) is 4. The third-order valence-corrected chi connectivity index (χ3v) is 6.54. The minimum atomic E-state index is -0.411. The summed E-state index contributed by atoms with van der Waals surface area (Å²) in [5, 5.41) is 8.73. The van der Waals surface area contributed by atoms with Crippen LogP contribution in [0, 0.1) is 33.6 Å². The van der Waals surface area contributed by atoms with Gasteiger partial charge in [0.05, 0.1) is 17.1 Å². The van der Waals surface area contributed by atoms with E-state index in [2.05, 4.69) is 43.3 Å². The average molecular weight is 468 g/mol. The van der Waals surface area contributed by atoms with Crippen molar-refractivity contribution >= 4 is 28.5 Å². The number of hydrogen-bond donors (Lipinski definition) is 1.